The first kappa shape index (κ1) is 64.6. The summed E-state index contributed by atoms with van der Waals surface area (Å²) in [7, 11) is 0. The van der Waals surface area contributed by atoms with Crippen LogP contribution < -0.4 is 5.32 Å². The summed E-state index contributed by atoms with van der Waals surface area (Å²) in [6.07, 6.45) is 31.7. The molecule has 2 saturated heterocycles. The van der Waals surface area contributed by atoms with E-state index in [1.54, 1.807) is 0 Å². The first-order valence-electron chi connectivity index (χ1n) is 28.6. The average molecular weight is 1000 g/mol. The molecular weight excluding hydrogens is 895 g/mol. The van der Waals surface area contributed by atoms with E-state index in [0.29, 0.717) is 12.8 Å². The minimum atomic E-state index is -1.78. The van der Waals surface area contributed by atoms with E-state index in [-0.39, 0.29) is 12.5 Å². The molecule has 14 nitrogen and oxygen atoms in total. The lowest BCUT2D eigenvalue weighted by Crippen LogP contribution is -2.65. The van der Waals surface area contributed by atoms with Crippen LogP contribution in [0.25, 0.3) is 0 Å². The summed E-state index contributed by atoms with van der Waals surface area (Å²) in [5, 5.41) is 87.1. The molecule has 2 aliphatic heterocycles. The molecule has 2 fully saturated rings. The van der Waals surface area contributed by atoms with Crippen LogP contribution in [0.3, 0.4) is 0 Å². The van der Waals surface area contributed by atoms with Crippen molar-refractivity contribution in [1.29, 1.82) is 0 Å². The van der Waals surface area contributed by atoms with Crippen LogP contribution >= 0.6 is 0 Å². The number of aliphatic hydroxyl groups excluding tert-OH is 8. The summed E-state index contributed by atoms with van der Waals surface area (Å²) in [4.78, 5) is 13.2. The van der Waals surface area contributed by atoms with Gasteiger partial charge in [-0.05, 0) is 44.9 Å². The molecule has 12 unspecified atom stereocenters. The molecule has 0 aromatic carbocycles. The second-order valence-electron chi connectivity index (χ2n) is 20.4. The Bertz CT molecular complexity index is 1270. The lowest BCUT2D eigenvalue weighted by molar-refractivity contribution is -0.359. The molecule has 9 N–H and O–H groups in total. The minimum Gasteiger partial charge on any atom is -0.394 e. The molecule has 412 valence electrons. The van der Waals surface area contributed by atoms with Gasteiger partial charge in [-0.3, -0.25) is 4.79 Å². The van der Waals surface area contributed by atoms with Crippen LogP contribution in [-0.4, -0.2) is 140 Å². The number of carbonyl (C=O) groups is 1. The third kappa shape index (κ3) is 28.8. The minimum absolute atomic E-state index is 0.210. The fourth-order valence-corrected chi connectivity index (χ4v) is 9.50. The second kappa shape index (κ2) is 42.8. The van der Waals surface area contributed by atoms with Gasteiger partial charge in [-0.25, -0.2) is 0 Å². The third-order valence-corrected chi connectivity index (χ3v) is 14.2. The molecule has 0 saturated carbocycles. The number of aliphatic hydroxyl groups is 8. The Labute approximate surface area is 424 Å². The molecule has 0 radical (unpaired) electrons. The summed E-state index contributed by atoms with van der Waals surface area (Å²) >= 11 is 0. The molecule has 0 spiro atoms. The standard InChI is InChI=1S/C56H105NO13/c1-3-5-7-9-11-13-15-17-19-20-21-22-23-24-26-28-30-32-34-36-38-40-48(61)57-44(45(60)39-37-35-33-31-29-27-25-18-16-14-12-10-8-6-4-2)43-67-55-53(66)51(64)54(47(42-59)69-55)70-56-52(65)50(63)49(62)46(41-58)68-56/h15,17,20-21,44-47,49-56,58-60,62-66H,3-14,16,18-19,22-43H2,1-2H3,(H,57,61)/b17-15-,21-20-. The van der Waals surface area contributed by atoms with E-state index >= 15 is 0 Å². The van der Waals surface area contributed by atoms with Crippen LogP contribution in [0.2, 0.25) is 0 Å². The van der Waals surface area contributed by atoms with Gasteiger partial charge in [0.1, 0.15) is 48.8 Å². The molecule has 0 aromatic rings. The molecule has 0 aromatic heterocycles. The maximum absolute atomic E-state index is 13.2. The summed E-state index contributed by atoms with van der Waals surface area (Å²) in [6.45, 7) is 2.86. The number of nitrogens with one attached hydrogen (secondary N) is 1. The summed E-state index contributed by atoms with van der Waals surface area (Å²) < 4.78 is 22.8. The normalized spacial score (nSPS) is 26.1. The largest absolute Gasteiger partial charge is 0.394 e. The van der Waals surface area contributed by atoms with Gasteiger partial charge in [0.15, 0.2) is 12.6 Å². The Hall–Kier alpha value is -1.53. The molecular formula is C56H105NO13. The van der Waals surface area contributed by atoms with Crippen LogP contribution in [0.1, 0.15) is 232 Å². The Morgan fingerprint density at radius 3 is 1.43 bits per heavy atom. The number of allylic oxidation sites excluding steroid dienone is 4. The summed E-state index contributed by atoms with van der Waals surface area (Å²) in [6, 6.07) is -0.829. The number of hydrogen-bond acceptors (Lipinski definition) is 13. The van der Waals surface area contributed by atoms with Crippen molar-refractivity contribution in [2.24, 2.45) is 0 Å². The van der Waals surface area contributed by atoms with E-state index in [1.165, 1.54) is 141 Å². The number of hydrogen-bond donors (Lipinski definition) is 9. The van der Waals surface area contributed by atoms with Gasteiger partial charge in [0.05, 0.1) is 32.0 Å². The van der Waals surface area contributed by atoms with Gasteiger partial charge in [-0.2, -0.15) is 0 Å². The van der Waals surface area contributed by atoms with E-state index in [0.717, 1.165) is 64.2 Å². The Morgan fingerprint density at radius 2 is 0.943 bits per heavy atom. The lowest BCUT2D eigenvalue weighted by Gasteiger charge is -2.46. The molecule has 2 rings (SSSR count). The van der Waals surface area contributed by atoms with Gasteiger partial charge in [-0.15, -0.1) is 0 Å². The number of rotatable bonds is 45. The Morgan fingerprint density at radius 1 is 0.514 bits per heavy atom. The van der Waals surface area contributed by atoms with E-state index < -0.39 is 86.8 Å². The molecule has 1 amide bonds. The highest BCUT2D eigenvalue weighted by molar-refractivity contribution is 5.76. The SMILES string of the molecule is CCCCCCC/C=C\C/C=C\CCCCCCCCCCCC(=O)NC(COC1OC(CO)C(OC2OC(CO)C(O)C(O)C2O)C(O)C1O)C(O)CCCCCCCCCCCCCCCCC. The maximum atomic E-state index is 13.2. The highest BCUT2D eigenvalue weighted by Crippen LogP contribution is 2.30. The van der Waals surface area contributed by atoms with Gasteiger partial charge in [0, 0.05) is 6.42 Å². The van der Waals surface area contributed by atoms with E-state index in [2.05, 4.69) is 43.5 Å². The van der Waals surface area contributed by atoms with Crippen LogP contribution in [-0.2, 0) is 23.7 Å². The van der Waals surface area contributed by atoms with Crippen molar-refractivity contribution in [3.8, 4) is 0 Å². The van der Waals surface area contributed by atoms with E-state index in [4.69, 9.17) is 18.9 Å². The fraction of sp³-hybridized carbons (Fsp3) is 0.911. The van der Waals surface area contributed by atoms with Crippen molar-refractivity contribution >= 4 is 5.91 Å². The smallest absolute Gasteiger partial charge is 0.220 e. The molecule has 0 aliphatic carbocycles. The van der Waals surface area contributed by atoms with Crippen molar-refractivity contribution in [2.45, 2.75) is 306 Å². The number of carbonyl (C=O) groups excluding carboxylic acids is 1. The van der Waals surface area contributed by atoms with Gasteiger partial charge in [0.25, 0.3) is 0 Å². The van der Waals surface area contributed by atoms with Crippen LogP contribution in [0.15, 0.2) is 24.3 Å². The summed E-state index contributed by atoms with van der Waals surface area (Å²) in [5.74, 6) is -0.210. The molecule has 70 heavy (non-hydrogen) atoms. The molecule has 2 heterocycles. The highest BCUT2D eigenvalue weighted by Gasteiger charge is 2.51. The van der Waals surface area contributed by atoms with Gasteiger partial charge >= 0.3 is 0 Å². The Balaban J connectivity index is 1.77. The predicted molar refractivity (Wildman–Crippen MR) is 277 cm³/mol. The number of unbranched alkanes of at least 4 members (excludes halogenated alkanes) is 28. The monoisotopic (exact) mass is 1000 g/mol. The number of amides is 1. The second-order valence-corrected chi connectivity index (χ2v) is 20.4. The van der Waals surface area contributed by atoms with Crippen molar-refractivity contribution in [1.82, 2.24) is 5.32 Å². The lowest BCUT2D eigenvalue weighted by atomic mass is 9.97. The zero-order chi connectivity index (χ0) is 51.0. The van der Waals surface area contributed by atoms with Crippen LogP contribution in [0.5, 0.6) is 0 Å². The van der Waals surface area contributed by atoms with Crippen LogP contribution in [0.4, 0.5) is 0 Å². The quantitative estimate of drug-likeness (QED) is 0.0205. The summed E-state index contributed by atoms with van der Waals surface area (Å²) in [5.41, 5.74) is 0. The van der Waals surface area contributed by atoms with Crippen molar-refractivity contribution in [3.63, 3.8) is 0 Å². The topological polar surface area (TPSA) is 228 Å². The molecule has 12 atom stereocenters. The maximum Gasteiger partial charge on any atom is 0.220 e. The average Bonchev–Trinajstić information content (AvgIpc) is 3.36. The van der Waals surface area contributed by atoms with Gasteiger partial charge in [-0.1, -0.05) is 205 Å². The molecule has 2 aliphatic rings. The van der Waals surface area contributed by atoms with Crippen LogP contribution in [0, 0.1) is 0 Å². The molecule has 14 heteroatoms. The van der Waals surface area contributed by atoms with Crippen molar-refractivity contribution in [2.75, 3.05) is 19.8 Å². The van der Waals surface area contributed by atoms with Gasteiger partial charge < -0.3 is 65.1 Å². The third-order valence-electron chi connectivity index (χ3n) is 14.2. The predicted octanol–water partition coefficient (Wildman–Crippen LogP) is 8.89. The number of ether oxygens (including phenoxy) is 4. The van der Waals surface area contributed by atoms with E-state index in [9.17, 15) is 45.6 Å². The van der Waals surface area contributed by atoms with Crippen molar-refractivity contribution < 1.29 is 64.6 Å². The van der Waals surface area contributed by atoms with Crippen molar-refractivity contribution in [3.05, 3.63) is 24.3 Å². The highest BCUT2D eigenvalue weighted by atomic mass is 16.7. The first-order valence-corrected chi connectivity index (χ1v) is 28.6. The Kier molecular flexibility index (Phi) is 39.5. The molecule has 0 bridgehead atoms. The first-order chi connectivity index (χ1) is 34.1. The fourth-order valence-electron chi connectivity index (χ4n) is 9.50. The van der Waals surface area contributed by atoms with Gasteiger partial charge in [0.2, 0.25) is 5.91 Å². The zero-order valence-corrected chi connectivity index (χ0v) is 44.0. The van der Waals surface area contributed by atoms with E-state index in [1.807, 2.05) is 0 Å². The zero-order valence-electron chi connectivity index (χ0n) is 44.0.